The van der Waals surface area contributed by atoms with Crippen LogP contribution in [0.5, 0.6) is 11.5 Å². The highest BCUT2D eigenvalue weighted by Crippen LogP contribution is 2.27. The first-order chi connectivity index (χ1) is 12.7. The molecule has 0 spiro atoms. The number of carbonyl (C=O) groups excluding carboxylic acids is 1. The molecule has 0 unspecified atom stereocenters. The van der Waals surface area contributed by atoms with Crippen molar-refractivity contribution in [2.75, 3.05) is 14.2 Å². The van der Waals surface area contributed by atoms with Crippen molar-refractivity contribution in [3.05, 3.63) is 95.6 Å². The zero-order chi connectivity index (χ0) is 18.4. The predicted octanol–water partition coefficient (Wildman–Crippen LogP) is 4.91. The number of ketones is 1. The first-order valence-corrected chi connectivity index (χ1v) is 8.57. The molecule has 3 rings (SSSR count). The minimum atomic E-state index is -0.253. The molecular formula is C23H22O3. The Morgan fingerprint density at radius 3 is 1.85 bits per heavy atom. The van der Waals surface area contributed by atoms with E-state index in [2.05, 4.69) is 12.1 Å². The van der Waals surface area contributed by atoms with E-state index in [1.807, 2.05) is 66.7 Å². The Bertz CT molecular complexity index is 837. The summed E-state index contributed by atoms with van der Waals surface area (Å²) in [4.78, 5) is 13.2. The Morgan fingerprint density at radius 1 is 0.769 bits per heavy atom. The molecule has 1 atom stereocenters. The van der Waals surface area contributed by atoms with Crippen molar-refractivity contribution in [1.82, 2.24) is 0 Å². The molecule has 0 aliphatic carbocycles. The summed E-state index contributed by atoms with van der Waals surface area (Å²) in [7, 11) is 3.26. The second-order valence-electron chi connectivity index (χ2n) is 6.11. The van der Waals surface area contributed by atoms with Crippen molar-refractivity contribution in [2.45, 2.75) is 12.3 Å². The lowest BCUT2D eigenvalue weighted by molar-refractivity contribution is 0.0959. The number of rotatable bonds is 7. The van der Waals surface area contributed by atoms with Gasteiger partial charge in [0.15, 0.2) is 5.78 Å². The number of ether oxygens (including phenoxy) is 2. The van der Waals surface area contributed by atoms with Gasteiger partial charge in [-0.15, -0.1) is 0 Å². The summed E-state index contributed by atoms with van der Waals surface area (Å²) >= 11 is 0. The van der Waals surface area contributed by atoms with Gasteiger partial charge in [0.1, 0.15) is 11.5 Å². The van der Waals surface area contributed by atoms with Gasteiger partial charge in [-0.1, -0.05) is 42.5 Å². The Labute approximate surface area is 154 Å². The van der Waals surface area contributed by atoms with Crippen LogP contribution in [-0.2, 0) is 6.42 Å². The van der Waals surface area contributed by atoms with Gasteiger partial charge in [-0.05, 0) is 53.9 Å². The van der Waals surface area contributed by atoms with E-state index in [0.717, 1.165) is 22.6 Å². The molecule has 0 fully saturated rings. The van der Waals surface area contributed by atoms with Crippen molar-refractivity contribution in [3.63, 3.8) is 0 Å². The topological polar surface area (TPSA) is 35.5 Å². The van der Waals surface area contributed by atoms with Crippen LogP contribution in [0, 0.1) is 0 Å². The third-order valence-electron chi connectivity index (χ3n) is 4.49. The lowest BCUT2D eigenvalue weighted by atomic mass is 9.85. The predicted molar refractivity (Wildman–Crippen MR) is 103 cm³/mol. The van der Waals surface area contributed by atoms with Crippen molar-refractivity contribution in [3.8, 4) is 11.5 Å². The molecule has 3 aromatic carbocycles. The van der Waals surface area contributed by atoms with Gasteiger partial charge in [0.25, 0.3) is 0 Å². The van der Waals surface area contributed by atoms with E-state index in [0.29, 0.717) is 12.0 Å². The van der Waals surface area contributed by atoms with E-state index < -0.39 is 0 Å². The molecule has 0 amide bonds. The number of methoxy groups -OCH3 is 2. The largest absolute Gasteiger partial charge is 0.497 e. The molecule has 0 saturated carbocycles. The van der Waals surface area contributed by atoms with Crippen LogP contribution in [0.25, 0.3) is 0 Å². The van der Waals surface area contributed by atoms with Crippen molar-refractivity contribution in [2.24, 2.45) is 0 Å². The highest BCUT2D eigenvalue weighted by atomic mass is 16.5. The van der Waals surface area contributed by atoms with Gasteiger partial charge in [-0.25, -0.2) is 0 Å². The summed E-state index contributed by atoms with van der Waals surface area (Å²) in [6.07, 6.45) is 0.651. The van der Waals surface area contributed by atoms with Crippen LogP contribution in [0.1, 0.15) is 27.4 Å². The smallest absolute Gasteiger partial charge is 0.170 e. The fraction of sp³-hybridized carbons (Fsp3) is 0.174. The van der Waals surface area contributed by atoms with Gasteiger partial charge in [0.05, 0.1) is 20.1 Å². The van der Waals surface area contributed by atoms with Crippen LogP contribution in [0.4, 0.5) is 0 Å². The SMILES string of the molecule is COc1ccc(C(=O)[C@H](Cc2ccccc2)c2ccc(OC)cc2)cc1. The van der Waals surface area contributed by atoms with Crippen LogP contribution in [0.15, 0.2) is 78.9 Å². The number of hydrogen-bond acceptors (Lipinski definition) is 3. The minimum Gasteiger partial charge on any atom is -0.497 e. The number of hydrogen-bond donors (Lipinski definition) is 0. The average Bonchev–Trinajstić information content (AvgIpc) is 2.72. The molecular weight excluding hydrogens is 324 g/mol. The normalized spacial score (nSPS) is 11.6. The highest BCUT2D eigenvalue weighted by molar-refractivity contribution is 6.01. The minimum absolute atomic E-state index is 0.0988. The van der Waals surface area contributed by atoms with Crippen LogP contribution >= 0.6 is 0 Å². The summed E-state index contributed by atoms with van der Waals surface area (Å²) in [5, 5.41) is 0. The summed E-state index contributed by atoms with van der Waals surface area (Å²) in [5.41, 5.74) is 2.80. The zero-order valence-corrected chi connectivity index (χ0v) is 15.0. The second-order valence-corrected chi connectivity index (χ2v) is 6.11. The summed E-state index contributed by atoms with van der Waals surface area (Å²) in [6.45, 7) is 0. The molecule has 132 valence electrons. The molecule has 0 heterocycles. The van der Waals surface area contributed by atoms with E-state index in [1.165, 1.54) is 0 Å². The van der Waals surface area contributed by atoms with Crippen LogP contribution < -0.4 is 9.47 Å². The Morgan fingerprint density at radius 2 is 1.31 bits per heavy atom. The molecule has 0 aliphatic rings. The third kappa shape index (κ3) is 4.12. The van der Waals surface area contributed by atoms with Crippen LogP contribution in [-0.4, -0.2) is 20.0 Å². The Kier molecular flexibility index (Phi) is 5.69. The molecule has 0 aliphatic heterocycles. The van der Waals surface area contributed by atoms with E-state index in [9.17, 15) is 4.79 Å². The van der Waals surface area contributed by atoms with E-state index in [-0.39, 0.29) is 11.7 Å². The molecule has 0 bridgehead atoms. The number of carbonyl (C=O) groups is 1. The summed E-state index contributed by atoms with van der Waals surface area (Å²) in [5.74, 6) is 1.37. The Balaban J connectivity index is 1.93. The standard InChI is InChI=1S/C23H22O3/c1-25-20-12-8-18(9-13-20)22(16-17-6-4-3-5-7-17)23(24)19-10-14-21(26-2)15-11-19/h3-15,22H,16H2,1-2H3/t22-/m1/s1. The van der Waals surface area contributed by atoms with Gasteiger partial charge in [-0.3, -0.25) is 4.79 Å². The lowest BCUT2D eigenvalue weighted by Gasteiger charge is -2.17. The maximum absolute atomic E-state index is 13.2. The lowest BCUT2D eigenvalue weighted by Crippen LogP contribution is -2.16. The number of benzene rings is 3. The molecule has 0 N–H and O–H groups in total. The summed E-state index contributed by atoms with van der Waals surface area (Å²) in [6, 6.07) is 25.1. The molecule has 3 aromatic rings. The van der Waals surface area contributed by atoms with Gasteiger partial charge < -0.3 is 9.47 Å². The van der Waals surface area contributed by atoms with E-state index in [4.69, 9.17) is 9.47 Å². The van der Waals surface area contributed by atoms with Crippen molar-refractivity contribution in [1.29, 1.82) is 0 Å². The third-order valence-corrected chi connectivity index (χ3v) is 4.49. The van der Waals surface area contributed by atoms with Crippen molar-refractivity contribution < 1.29 is 14.3 Å². The van der Waals surface area contributed by atoms with E-state index >= 15 is 0 Å². The van der Waals surface area contributed by atoms with Gasteiger partial charge in [0.2, 0.25) is 0 Å². The first kappa shape index (κ1) is 17.7. The molecule has 3 heteroatoms. The molecule has 26 heavy (non-hydrogen) atoms. The number of Topliss-reactive ketones (excluding diaryl/α,β-unsaturated/α-hetero) is 1. The monoisotopic (exact) mass is 346 g/mol. The maximum atomic E-state index is 13.2. The van der Waals surface area contributed by atoms with Gasteiger partial charge in [0, 0.05) is 5.56 Å². The van der Waals surface area contributed by atoms with Crippen LogP contribution in [0.2, 0.25) is 0 Å². The fourth-order valence-corrected chi connectivity index (χ4v) is 3.00. The van der Waals surface area contributed by atoms with Crippen LogP contribution in [0.3, 0.4) is 0 Å². The quantitative estimate of drug-likeness (QED) is 0.570. The van der Waals surface area contributed by atoms with E-state index in [1.54, 1.807) is 14.2 Å². The zero-order valence-electron chi connectivity index (χ0n) is 15.0. The molecule has 0 aromatic heterocycles. The summed E-state index contributed by atoms with van der Waals surface area (Å²) < 4.78 is 10.4. The Hall–Kier alpha value is -3.07. The van der Waals surface area contributed by atoms with Gasteiger partial charge in [-0.2, -0.15) is 0 Å². The molecule has 0 radical (unpaired) electrons. The fourth-order valence-electron chi connectivity index (χ4n) is 3.00. The average molecular weight is 346 g/mol. The second kappa shape index (κ2) is 8.34. The highest BCUT2D eigenvalue weighted by Gasteiger charge is 2.22. The first-order valence-electron chi connectivity index (χ1n) is 8.57. The van der Waals surface area contributed by atoms with Gasteiger partial charge >= 0.3 is 0 Å². The molecule has 3 nitrogen and oxygen atoms in total. The maximum Gasteiger partial charge on any atom is 0.170 e. The molecule has 0 saturated heterocycles. The van der Waals surface area contributed by atoms with Crippen molar-refractivity contribution >= 4 is 5.78 Å².